The molecule has 0 aliphatic carbocycles. The number of aryl methyl sites for hydroxylation is 2. The van der Waals surface area contributed by atoms with Crippen molar-refractivity contribution in [3.63, 3.8) is 0 Å². The van der Waals surface area contributed by atoms with Gasteiger partial charge in [-0.3, -0.25) is 0 Å². The van der Waals surface area contributed by atoms with Gasteiger partial charge >= 0.3 is 6.01 Å². The molecule has 1 aromatic rings. The number of piperidine rings is 1. The minimum absolute atomic E-state index is 0. The summed E-state index contributed by atoms with van der Waals surface area (Å²) in [5.41, 5.74) is 1.93. The Labute approximate surface area is 109 Å². The van der Waals surface area contributed by atoms with E-state index in [4.69, 9.17) is 4.74 Å². The first kappa shape index (κ1) is 14.2. The normalized spacial score (nSPS) is 16.4. The van der Waals surface area contributed by atoms with Gasteiger partial charge < -0.3 is 10.1 Å². The van der Waals surface area contributed by atoms with E-state index in [1.807, 2.05) is 19.9 Å². The molecule has 1 aromatic heterocycles. The SMILES string of the molecule is Cc1cc(C)nc(OCC2CCNCC2)n1.Cl. The molecule has 0 aromatic carbocycles. The van der Waals surface area contributed by atoms with Crippen molar-refractivity contribution >= 4 is 12.4 Å². The zero-order valence-electron chi connectivity index (χ0n) is 10.4. The number of nitrogens with zero attached hydrogens (tertiary/aromatic N) is 2. The molecule has 0 amide bonds. The minimum Gasteiger partial charge on any atom is -0.463 e. The summed E-state index contributed by atoms with van der Waals surface area (Å²) in [6, 6.07) is 2.48. The van der Waals surface area contributed by atoms with Crippen molar-refractivity contribution in [2.24, 2.45) is 5.92 Å². The topological polar surface area (TPSA) is 47.0 Å². The molecule has 1 saturated heterocycles. The summed E-state index contributed by atoms with van der Waals surface area (Å²) in [6.45, 7) is 6.87. The van der Waals surface area contributed by atoms with Crippen LogP contribution in [-0.2, 0) is 0 Å². The van der Waals surface area contributed by atoms with Crippen LogP contribution in [0.1, 0.15) is 24.2 Å². The predicted molar refractivity (Wildman–Crippen MR) is 69.8 cm³/mol. The molecule has 96 valence electrons. The molecule has 5 heteroatoms. The largest absolute Gasteiger partial charge is 0.463 e. The van der Waals surface area contributed by atoms with Gasteiger partial charge in [-0.1, -0.05) is 0 Å². The molecular formula is C12H20ClN3O. The summed E-state index contributed by atoms with van der Waals surface area (Å²) in [5, 5.41) is 3.34. The van der Waals surface area contributed by atoms with E-state index >= 15 is 0 Å². The Morgan fingerprint density at radius 2 is 1.82 bits per heavy atom. The molecule has 1 fully saturated rings. The Morgan fingerprint density at radius 3 is 2.41 bits per heavy atom. The van der Waals surface area contributed by atoms with Crippen molar-refractivity contribution in [1.82, 2.24) is 15.3 Å². The Bertz CT molecular complexity index is 333. The molecule has 0 spiro atoms. The third-order valence-electron chi connectivity index (χ3n) is 2.87. The molecule has 1 N–H and O–H groups in total. The third kappa shape index (κ3) is 4.48. The van der Waals surface area contributed by atoms with Gasteiger partial charge in [0.05, 0.1) is 6.61 Å². The number of nitrogens with one attached hydrogen (secondary N) is 1. The maximum Gasteiger partial charge on any atom is 0.316 e. The van der Waals surface area contributed by atoms with E-state index in [9.17, 15) is 0 Å². The highest BCUT2D eigenvalue weighted by Crippen LogP contribution is 2.13. The van der Waals surface area contributed by atoms with Crippen molar-refractivity contribution in [1.29, 1.82) is 0 Å². The third-order valence-corrected chi connectivity index (χ3v) is 2.87. The average molecular weight is 258 g/mol. The number of halogens is 1. The van der Waals surface area contributed by atoms with Gasteiger partial charge in [0.25, 0.3) is 0 Å². The smallest absolute Gasteiger partial charge is 0.316 e. The van der Waals surface area contributed by atoms with E-state index in [1.165, 1.54) is 12.8 Å². The summed E-state index contributed by atoms with van der Waals surface area (Å²) in [6.07, 6.45) is 2.37. The first-order chi connectivity index (χ1) is 7.74. The van der Waals surface area contributed by atoms with E-state index in [0.717, 1.165) is 31.1 Å². The van der Waals surface area contributed by atoms with Crippen molar-refractivity contribution in [2.75, 3.05) is 19.7 Å². The van der Waals surface area contributed by atoms with Gasteiger partial charge in [-0.15, -0.1) is 12.4 Å². The number of ether oxygens (including phenoxy) is 1. The zero-order chi connectivity index (χ0) is 11.4. The lowest BCUT2D eigenvalue weighted by Crippen LogP contribution is -2.30. The van der Waals surface area contributed by atoms with Crippen molar-refractivity contribution < 1.29 is 4.74 Å². The second-order valence-corrected chi connectivity index (χ2v) is 4.44. The summed E-state index contributed by atoms with van der Waals surface area (Å²) in [4.78, 5) is 8.54. The Morgan fingerprint density at radius 1 is 1.24 bits per heavy atom. The van der Waals surface area contributed by atoms with Crippen molar-refractivity contribution in [3.05, 3.63) is 17.5 Å². The number of hydrogen-bond acceptors (Lipinski definition) is 4. The maximum atomic E-state index is 5.66. The van der Waals surface area contributed by atoms with E-state index in [0.29, 0.717) is 11.9 Å². The molecule has 2 heterocycles. The van der Waals surface area contributed by atoms with E-state index < -0.39 is 0 Å². The highest BCUT2D eigenvalue weighted by molar-refractivity contribution is 5.85. The molecule has 0 radical (unpaired) electrons. The molecule has 0 unspecified atom stereocenters. The lowest BCUT2D eigenvalue weighted by Gasteiger charge is -2.22. The van der Waals surface area contributed by atoms with Crippen LogP contribution < -0.4 is 10.1 Å². The van der Waals surface area contributed by atoms with Crippen LogP contribution in [0.2, 0.25) is 0 Å². The van der Waals surface area contributed by atoms with Gasteiger partial charge in [0, 0.05) is 11.4 Å². The van der Waals surface area contributed by atoms with Gasteiger partial charge in [-0.25, -0.2) is 9.97 Å². The maximum absolute atomic E-state index is 5.66. The fourth-order valence-corrected chi connectivity index (χ4v) is 2.00. The van der Waals surface area contributed by atoms with Crippen LogP contribution in [0.15, 0.2) is 6.07 Å². The van der Waals surface area contributed by atoms with E-state index in [1.54, 1.807) is 0 Å². The molecule has 2 rings (SSSR count). The van der Waals surface area contributed by atoms with Gasteiger partial charge in [0.1, 0.15) is 0 Å². The van der Waals surface area contributed by atoms with Crippen molar-refractivity contribution in [2.45, 2.75) is 26.7 Å². The van der Waals surface area contributed by atoms with Crippen LogP contribution in [0.3, 0.4) is 0 Å². The van der Waals surface area contributed by atoms with Gasteiger partial charge in [-0.05, 0) is 51.8 Å². The number of hydrogen-bond donors (Lipinski definition) is 1. The fourth-order valence-electron chi connectivity index (χ4n) is 2.00. The number of aromatic nitrogens is 2. The lowest BCUT2D eigenvalue weighted by molar-refractivity contribution is 0.201. The van der Waals surface area contributed by atoms with Crippen LogP contribution in [0.5, 0.6) is 6.01 Å². The van der Waals surface area contributed by atoms with Crippen LogP contribution in [0.25, 0.3) is 0 Å². The predicted octanol–water partition coefficient (Wildman–Crippen LogP) is 1.89. The van der Waals surface area contributed by atoms with Gasteiger partial charge in [-0.2, -0.15) is 0 Å². The quantitative estimate of drug-likeness (QED) is 0.899. The summed E-state index contributed by atoms with van der Waals surface area (Å²) >= 11 is 0. The molecule has 17 heavy (non-hydrogen) atoms. The summed E-state index contributed by atoms with van der Waals surface area (Å²) in [5.74, 6) is 0.644. The highest BCUT2D eigenvalue weighted by atomic mass is 35.5. The zero-order valence-corrected chi connectivity index (χ0v) is 11.2. The molecule has 0 saturated carbocycles. The summed E-state index contributed by atoms with van der Waals surface area (Å²) in [7, 11) is 0. The molecule has 1 aliphatic heterocycles. The van der Waals surface area contributed by atoms with Crippen LogP contribution >= 0.6 is 12.4 Å². The fraction of sp³-hybridized carbons (Fsp3) is 0.667. The Kier molecular flexibility index (Phi) is 5.65. The van der Waals surface area contributed by atoms with Crippen LogP contribution in [0, 0.1) is 19.8 Å². The monoisotopic (exact) mass is 257 g/mol. The first-order valence-electron chi connectivity index (χ1n) is 5.90. The molecular weight excluding hydrogens is 238 g/mol. The molecule has 0 atom stereocenters. The lowest BCUT2D eigenvalue weighted by atomic mass is 9.99. The summed E-state index contributed by atoms with van der Waals surface area (Å²) < 4.78 is 5.66. The Hall–Kier alpha value is -0.870. The highest BCUT2D eigenvalue weighted by Gasteiger charge is 2.14. The molecule has 0 bridgehead atoms. The minimum atomic E-state index is 0. The molecule has 1 aliphatic rings. The number of rotatable bonds is 3. The van der Waals surface area contributed by atoms with Gasteiger partial charge in [0.2, 0.25) is 0 Å². The van der Waals surface area contributed by atoms with Crippen LogP contribution in [0.4, 0.5) is 0 Å². The Balaban J connectivity index is 0.00000144. The second kappa shape index (κ2) is 6.77. The second-order valence-electron chi connectivity index (χ2n) is 4.44. The van der Waals surface area contributed by atoms with E-state index in [2.05, 4.69) is 15.3 Å². The standard InChI is InChI=1S/C12H19N3O.ClH/c1-9-7-10(2)15-12(14-9)16-8-11-3-5-13-6-4-11;/h7,11,13H,3-6,8H2,1-2H3;1H. The van der Waals surface area contributed by atoms with Crippen molar-refractivity contribution in [3.8, 4) is 6.01 Å². The molecule has 4 nitrogen and oxygen atoms in total. The average Bonchev–Trinajstić information content (AvgIpc) is 2.27. The van der Waals surface area contributed by atoms with Gasteiger partial charge in [0.15, 0.2) is 0 Å². The van der Waals surface area contributed by atoms with Crippen LogP contribution in [-0.4, -0.2) is 29.7 Å². The first-order valence-corrected chi connectivity index (χ1v) is 5.90. The van der Waals surface area contributed by atoms with E-state index in [-0.39, 0.29) is 12.4 Å².